The lowest BCUT2D eigenvalue weighted by atomic mass is 9.80. The predicted octanol–water partition coefficient (Wildman–Crippen LogP) is 0.812. The van der Waals surface area contributed by atoms with E-state index in [4.69, 9.17) is 5.73 Å². The summed E-state index contributed by atoms with van der Waals surface area (Å²) in [4.78, 5) is 16.7. The molecule has 4 aliphatic rings. The molecule has 4 rings (SSSR count). The third-order valence-corrected chi connectivity index (χ3v) is 5.65. The fraction of sp³-hybridized carbons (Fsp3) is 0.556. The summed E-state index contributed by atoms with van der Waals surface area (Å²) in [6, 6.07) is 2.73. The molecule has 3 aliphatic heterocycles. The van der Waals surface area contributed by atoms with Crippen LogP contribution in [0.5, 0.6) is 0 Å². The first-order valence-corrected chi connectivity index (χ1v) is 8.46. The summed E-state index contributed by atoms with van der Waals surface area (Å²) < 4.78 is 0. The van der Waals surface area contributed by atoms with E-state index in [0.29, 0.717) is 6.04 Å². The van der Waals surface area contributed by atoms with E-state index in [1.54, 1.807) is 6.08 Å². The van der Waals surface area contributed by atoms with Gasteiger partial charge in [-0.15, -0.1) is 0 Å². The SMILES string of the molecule is N#CC1=C2C(CN3CCC(N)CC3)CN3C(=O)C=CC(C=C1)C23. The van der Waals surface area contributed by atoms with Crippen LogP contribution in [0.1, 0.15) is 12.8 Å². The third kappa shape index (κ3) is 2.43. The van der Waals surface area contributed by atoms with Crippen LogP contribution < -0.4 is 5.73 Å². The molecule has 2 N–H and O–H groups in total. The Morgan fingerprint density at radius 1 is 1.26 bits per heavy atom. The highest BCUT2D eigenvalue weighted by molar-refractivity contribution is 5.90. The summed E-state index contributed by atoms with van der Waals surface area (Å²) in [7, 11) is 0. The number of nitriles is 1. The second kappa shape index (κ2) is 5.63. The molecule has 0 radical (unpaired) electrons. The van der Waals surface area contributed by atoms with Gasteiger partial charge >= 0.3 is 0 Å². The smallest absolute Gasteiger partial charge is 0.246 e. The molecule has 1 amide bonds. The van der Waals surface area contributed by atoms with E-state index < -0.39 is 0 Å². The standard InChI is InChI=1S/C18H22N4O/c19-9-13-2-1-12-3-4-16(23)22-11-14(17(13)18(12)22)10-21-7-5-15(20)6-8-21/h1-4,12,14-15,18H,5-8,10-11,20H2. The molecule has 5 nitrogen and oxygen atoms in total. The van der Waals surface area contributed by atoms with Crippen molar-refractivity contribution in [3.05, 3.63) is 35.5 Å². The molecule has 5 heteroatoms. The van der Waals surface area contributed by atoms with Crippen molar-refractivity contribution >= 4 is 5.91 Å². The highest BCUT2D eigenvalue weighted by Gasteiger charge is 2.46. The third-order valence-electron chi connectivity index (χ3n) is 5.65. The lowest BCUT2D eigenvalue weighted by Gasteiger charge is -2.34. The lowest BCUT2D eigenvalue weighted by Crippen LogP contribution is -2.42. The van der Waals surface area contributed by atoms with E-state index in [-0.39, 0.29) is 23.8 Å². The summed E-state index contributed by atoms with van der Waals surface area (Å²) in [5.41, 5.74) is 7.93. The number of rotatable bonds is 2. The van der Waals surface area contributed by atoms with E-state index in [1.807, 2.05) is 17.1 Å². The number of piperidine rings is 1. The minimum Gasteiger partial charge on any atom is -0.331 e. The topological polar surface area (TPSA) is 73.4 Å². The molecule has 2 saturated heterocycles. The molecule has 3 atom stereocenters. The van der Waals surface area contributed by atoms with Crippen molar-refractivity contribution in [2.45, 2.75) is 24.9 Å². The number of allylic oxidation sites excluding steroid dienone is 2. The monoisotopic (exact) mass is 310 g/mol. The van der Waals surface area contributed by atoms with Gasteiger partial charge in [-0.25, -0.2) is 0 Å². The fourth-order valence-electron chi connectivity index (χ4n) is 4.45. The van der Waals surface area contributed by atoms with E-state index in [0.717, 1.165) is 44.6 Å². The highest BCUT2D eigenvalue weighted by atomic mass is 16.2. The highest BCUT2D eigenvalue weighted by Crippen LogP contribution is 2.42. The molecule has 0 saturated carbocycles. The summed E-state index contributed by atoms with van der Waals surface area (Å²) in [6.07, 6.45) is 9.74. The molecule has 3 unspecified atom stereocenters. The maximum atomic E-state index is 12.3. The second-order valence-corrected chi connectivity index (χ2v) is 7.05. The molecule has 0 aromatic rings. The van der Waals surface area contributed by atoms with Crippen LogP contribution in [0.2, 0.25) is 0 Å². The van der Waals surface area contributed by atoms with Gasteiger partial charge in [0.1, 0.15) is 0 Å². The molecule has 23 heavy (non-hydrogen) atoms. The van der Waals surface area contributed by atoms with E-state index in [9.17, 15) is 10.1 Å². The summed E-state index contributed by atoms with van der Waals surface area (Å²) in [5, 5.41) is 9.51. The lowest BCUT2D eigenvalue weighted by molar-refractivity contribution is -0.127. The van der Waals surface area contributed by atoms with Crippen LogP contribution in [0.25, 0.3) is 0 Å². The molecular formula is C18H22N4O. The van der Waals surface area contributed by atoms with Crippen LogP contribution in [0.15, 0.2) is 35.5 Å². The molecule has 3 heterocycles. The normalized spacial score (nSPS) is 34.0. The van der Waals surface area contributed by atoms with Gasteiger partial charge in [-0.3, -0.25) is 4.79 Å². The summed E-state index contributed by atoms with van der Waals surface area (Å²) in [6.45, 7) is 3.69. The Kier molecular flexibility index (Phi) is 3.59. The zero-order chi connectivity index (χ0) is 16.0. The number of hydrogen-bond acceptors (Lipinski definition) is 4. The van der Waals surface area contributed by atoms with Crippen molar-refractivity contribution < 1.29 is 4.79 Å². The van der Waals surface area contributed by atoms with Crippen LogP contribution in [0.4, 0.5) is 0 Å². The van der Waals surface area contributed by atoms with Crippen LogP contribution >= 0.6 is 0 Å². The first-order chi connectivity index (χ1) is 11.2. The second-order valence-electron chi connectivity index (χ2n) is 7.05. The van der Waals surface area contributed by atoms with Gasteiger partial charge in [0.2, 0.25) is 5.91 Å². The summed E-state index contributed by atoms with van der Waals surface area (Å²) in [5.74, 6) is 0.569. The van der Waals surface area contributed by atoms with Gasteiger partial charge in [0.25, 0.3) is 0 Å². The minimum atomic E-state index is 0.0594. The predicted molar refractivity (Wildman–Crippen MR) is 87.0 cm³/mol. The van der Waals surface area contributed by atoms with Crippen LogP contribution in [0.3, 0.4) is 0 Å². The molecule has 120 valence electrons. The largest absolute Gasteiger partial charge is 0.331 e. The first-order valence-electron chi connectivity index (χ1n) is 8.46. The fourth-order valence-corrected chi connectivity index (χ4v) is 4.45. The van der Waals surface area contributed by atoms with Crippen molar-refractivity contribution in [3.8, 4) is 6.07 Å². The molecule has 0 aromatic heterocycles. The maximum absolute atomic E-state index is 12.3. The Bertz CT molecular complexity index is 648. The zero-order valence-corrected chi connectivity index (χ0v) is 13.2. The van der Waals surface area contributed by atoms with Crippen molar-refractivity contribution in [3.63, 3.8) is 0 Å². The maximum Gasteiger partial charge on any atom is 0.246 e. The van der Waals surface area contributed by atoms with Crippen molar-refractivity contribution in [1.82, 2.24) is 9.80 Å². The van der Waals surface area contributed by atoms with Crippen LogP contribution in [-0.2, 0) is 4.79 Å². The number of likely N-dealkylation sites (tertiary alicyclic amines) is 1. The quantitative estimate of drug-likeness (QED) is 0.819. The molecule has 0 bridgehead atoms. The number of nitrogens with zero attached hydrogens (tertiary/aromatic N) is 3. The van der Waals surface area contributed by atoms with Crippen LogP contribution in [0, 0.1) is 23.2 Å². The summed E-state index contributed by atoms with van der Waals surface area (Å²) >= 11 is 0. The average molecular weight is 310 g/mol. The van der Waals surface area contributed by atoms with Crippen LogP contribution in [-0.4, -0.2) is 54.0 Å². The molecule has 2 fully saturated rings. The number of amides is 1. The Balaban J connectivity index is 1.61. The van der Waals surface area contributed by atoms with Crippen molar-refractivity contribution in [1.29, 1.82) is 5.26 Å². The van der Waals surface area contributed by atoms with E-state index in [2.05, 4.69) is 17.0 Å². The number of hydrogen-bond donors (Lipinski definition) is 1. The first kappa shape index (κ1) is 14.7. The van der Waals surface area contributed by atoms with Crippen molar-refractivity contribution in [2.24, 2.45) is 17.6 Å². The Hall–Kier alpha value is -1.90. The minimum absolute atomic E-state index is 0.0594. The van der Waals surface area contributed by atoms with Gasteiger partial charge in [0.05, 0.1) is 17.7 Å². The van der Waals surface area contributed by atoms with E-state index >= 15 is 0 Å². The van der Waals surface area contributed by atoms with E-state index in [1.165, 1.54) is 5.57 Å². The average Bonchev–Trinajstić information content (AvgIpc) is 2.94. The molecular weight excluding hydrogens is 288 g/mol. The van der Waals surface area contributed by atoms with Gasteiger partial charge in [-0.05, 0) is 43.7 Å². The van der Waals surface area contributed by atoms with Gasteiger partial charge in [0, 0.05) is 31.0 Å². The van der Waals surface area contributed by atoms with Gasteiger partial charge < -0.3 is 15.5 Å². The Morgan fingerprint density at radius 2 is 2.00 bits per heavy atom. The van der Waals surface area contributed by atoms with Crippen molar-refractivity contribution in [2.75, 3.05) is 26.2 Å². The Morgan fingerprint density at radius 3 is 2.74 bits per heavy atom. The van der Waals surface area contributed by atoms with Gasteiger partial charge in [-0.2, -0.15) is 5.26 Å². The zero-order valence-electron chi connectivity index (χ0n) is 13.2. The number of nitrogens with two attached hydrogens (primary N) is 1. The molecule has 0 aromatic carbocycles. The Labute approximate surface area is 136 Å². The molecule has 0 spiro atoms. The molecule has 1 aliphatic carbocycles. The number of carbonyl (C=O) groups excluding carboxylic acids is 1. The number of carbonyl (C=O) groups is 1. The van der Waals surface area contributed by atoms with Gasteiger partial charge in [-0.1, -0.05) is 12.2 Å². The van der Waals surface area contributed by atoms with Gasteiger partial charge in [0.15, 0.2) is 0 Å².